The van der Waals surface area contributed by atoms with Crippen LogP contribution in [0.25, 0.3) is 0 Å². The van der Waals surface area contributed by atoms with Crippen LogP contribution in [0.5, 0.6) is 0 Å². The van der Waals surface area contributed by atoms with E-state index >= 15 is 0 Å². The lowest BCUT2D eigenvalue weighted by Gasteiger charge is -2.13. The first-order chi connectivity index (χ1) is 6.09. The standard InChI is InChI=1S/C7H8F3N3.2ClH/c8-7(9,10)6-4-3-11-2-1-5(4)12-13-6;;/h11H,1-3H2,(H,12,13);2*1H. The molecule has 1 aliphatic heterocycles. The van der Waals surface area contributed by atoms with E-state index in [1.54, 1.807) is 0 Å². The molecule has 0 aromatic carbocycles. The smallest absolute Gasteiger partial charge is 0.312 e. The van der Waals surface area contributed by atoms with Gasteiger partial charge in [-0.25, -0.2) is 0 Å². The number of H-pyrrole nitrogens is 1. The number of hydrogen-bond donors (Lipinski definition) is 2. The van der Waals surface area contributed by atoms with Crippen LogP contribution in [0.15, 0.2) is 0 Å². The van der Waals surface area contributed by atoms with Crippen molar-refractivity contribution in [1.29, 1.82) is 0 Å². The van der Waals surface area contributed by atoms with Crippen molar-refractivity contribution in [2.45, 2.75) is 19.1 Å². The number of nitrogens with one attached hydrogen (secondary N) is 2. The number of halogens is 5. The highest BCUT2D eigenvalue weighted by Crippen LogP contribution is 2.32. The molecule has 1 aromatic heterocycles. The molecule has 1 aliphatic rings. The van der Waals surface area contributed by atoms with E-state index in [1.165, 1.54) is 0 Å². The van der Waals surface area contributed by atoms with E-state index in [1.807, 2.05) is 0 Å². The molecule has 0 aliphatic carbocycles. The van der Waals surface area contributed by atoms with Gasteiger partial charge in [0.2, 0.25) is 0 Å². The number of aromatic amines is 1. The van der Waals surface area contributed by atoms with Gasteiger partial charge in [-0.1, -0.05) is 0 Å². The third-order valence-electron chi connectivity index (χ3n) is 2.07. The fourth-order valence-corrected chi connectivity index (χ4v) is 1.46. The third kappa shape index (κ3) is 2.76. The Balaban J connectivity index is 0.000000980. The highest BCUT2D eigenvalue weighted by atomic mass is 35.5. The predicted molar refractivity (Wildman–Crippen MR) is 53.5 cm³/mol. The molecule has 2 rings (SSSR count). The molecule has 88 valence electrons. The van der Waals surface area contributed by atoms with Crippen molar-refractivity contribution < 1.29 is 13.2 Å². The lowest BCUT2D eigenvalue weighted by Crippen LogP contribution is -2.25. The quantitative estimate of drug-likeness (QED) is 0.751. The fraction of sp³-hybridized carbons (Fsp3) is 0.571. The molecule has 0 atom stereocenters. The third-order valence-corrected chi connectivity index (χ3v) is 2.07. The SMILES string of the molecule is Cl.Cl.FC(F)(F)c1n[nH]c2c1CNCC2. The van der Waals surface area contributed by atoms with E-state index in [2.05, 4.69) is 15.5 Å². The molecular formula is C7H10Cl2F3N3. The fourth-order valence-electron chi connectivity index (χ4n) is 1.46. The lowest BCUT2D eigenvalue weighted by atomic mass is 10.1. The normalized spacial score (nSPS) is 14.9. The minimum atomic E-state index is -4.34. The van der Waals surface area contributed by atoms with E-state index in [4.69, 9.17) is 0 Å². The maximum Gasteiger partial charge on any atom is 0.435 e. The maximum atomic E-state index is 12.3. The van der Waals surface area contributed by atoms with Crippen molar-refractivity contribution >= 4 is 24.8 Å². The second-order valence-electron chi connectivity index (χ2n) is 2.95. The van der Waals surface area contributed by atoms with Gasteiger partial charge in [-0.2, -0.15) is 18.3 Å². The first kappa shape index (κ1) is 14.5. The van der Waals surface area contributed by atoms with Crippen LogP contribution in [0.1, 0.15) is 17.0 Å². The summed E-state index contributed by atoms with van der Waals surface area (Å²) in [7, 11) is 0. The van der Waals surface area contributed by atoms with Gasteiger partial charge in [0.05, 0.1) is 0 Å². The van der Waals surface area contributed by atoms with Gasteiger partial charge < -0.3 is 5.32 Å². The summed E-state index contributed by atoms with van der Waals surface area (Å²) in [6.07, 6.45) is -3.76. The number of fused-ring (bicyclic) bond motifs is 1. The largest absolute Gasteiger partial charge is 0.435 e. The number of hydrogen-bond acceptors (Lipinski definition) is 2. The van der Waals surface area contributed by atoms with Gasteiger partial charge in [0, 0.05) is 30.8 Å². The zero-order valence-electron chi connectivity index (χ0n) is 7.52. The zero-order valence-corrected chi connectivity index (χ0v) is 9.15. The average molecular weight is 264 g/mol. The Bertz CT molecular complexity index is 324. The summed E-state index contributed by atoms with van der Waals surface area (Å²) in [6, 6.07) is 0. The van der Waals surface area contributed by atoms with Crippen molar-refractivity contribution in [3.8, 4) is 0 Å². The first-order valence-corrected chi connectivity index (χ1v) is 3.93. The van der Waals surface area contributed by atoms with E-state index < -0.39 is 11.9 Å². The van der Waals surface area contributed by atoms with Gasteiger partial charge in [0.1, 0.15) is 0 Å². The predicted octanol–water partition coefficient (Wildman–Crippen LogP) is 1.92. The minimum absolute atomic E-state index is 0. The van der Waals surface area contributed by atoms with Crippen LogP contribution in [-0.2, 0) is 19.1 Å². The summed E-state index contributed by atoms with van der Waals surface area (Å²) < 4.78 is 36.9. The molecule has 0 spiro atoms. The van der Waals surface area contributed by atoms with Gasteiger partial charge in [-0.15, -0.1) is 24.8 Å². The molecular weight excluding hydrogens is 254 g/mol. The second-order valence-corrected chi connectivity index (χ2v) is 2.95. The van der Waals surface area contributed by atoms with Crippen LogP contribution in [0, 0.1) is 0 Å². The van der Waals surface area contributed by atoms with E-state index in [-0.39, 0.29) is 36.9 Å². The number of aromatic nitrogens is 2. The molecule has 1 aromatic rings. The Kier molecular flexibility index (Phi) is 4.89. The summed E-state index contributed by atoms with van der Waals surface area (Å²) in [5.41, 5.74) is 0.0829. The summed E-state index contributed by atoms with van der Waals surface area (Å²) in [6.45, 7) is 0.952. The topological polar surface area (TPSA) is 40.7 Å². The van der Waals surface area contributed by atoms with Crippen molar-refractivity contribution in [2.24, 2.45) is 0 Å². The van der Waals surface area contributed by atoms with Crippen molar-refractivity contribution in [3.05, 3.63) is 17.0 Å². The second kappa shape index (κ2) is 5.05. The molecule has 8 heteroatoms. The molecule has 2 heterocycles. The van der Waals surface area contributed by atoms with E-state index in [0.29, 0.717) is 18.7 Å². The maximum absolute atomic E-state index is 12.3. The molecule has 0 saturated heterocycles. The summed E-state index contributed by atoms with van der Waals surface area (Å²) >= 11 is 0. The molecule has 0 unspecified atom stereocenters. The van der Waals surface area contributed by atoms with Crippen molar-refractivity contribution in [1.82, 2.24) is 15.5 Å². The Hall–Kier alpha value is -0.460. The van der Waals surface area contributed by atoms with Gasteiger partial charge >= 0.3 is 6.18 Å². The Morgan fingerprint density at radius 1 is 1.20 bits per heavy atom. The molecule has 0 bridgehead atoms. The van der Waals surface area contributed by atoms with E-state index in [9.17, 15) is 13.2 Å². The molecule has 0 amide bonds. The van der Waals surface area contributed by atoms with Crippen LogP contribution in [0.2, 0.25) is 0 Å². The summed E-state index contributed by atoms with van der Waals surface area (Å²) in [5.74, 6) is 0. The number of alkyl halides is 3. The highest BCUT2D eigenvalue weighted by Gasteiger charge is 2.38. The van der Waals surface area contributed by atoms with Gasteiger partial charge in [-0.3, -0.25) is 5.10 Å². The van der Waals surface area contributed by atoms with Crippen LogP contribution in [0.3, 0.4) is 0 Å². The number of nitrogens with zero attached hydrogens (tertiary/aromatic N) is 1. The first-order valence-electron chi connectivity index (χ1n) is 3.93. The van der Waals surface area contributed by atoms with Crippen LogP contribution < -0.4 is 5.32 Å². The molecule has 2 N–H and O–H groups in total. The number of rotatable bonds is 0. The van der Waals surface area contributed by atoms with Gasteiger partial charge in [0.15, 0.2) is 5.69 Å². The molecule has 0 radical (unpaired) electrons. The van der Waals surface area contributed by atoms with Crippen LogP contribution in [0.4, 0.5) is 13.2 Å². The van der Waals surface area contributed by atoms with Crippen LogP contribution in [-0.4, -0.2) is 16.7 Å². The molecule has 3 nitrogen and oxygen atoms in total. The highest BCUT2D eigenvalue weighted by molar-refractivity contribution is 5.85. The minimum Gasteiger partial charge on any atom is -0.312 e. The average Bonchev–Trinajstić information content (AvgIpc) is 2.45. The molecule has 0 saturated carbocycles. The van der Waals surface area contributed by atoms with E-state index in [0.717, 1.165) is 0 Å². The van der Waals surface area contributed by atoms with Gasteiger partial charge in [-0.05, 0) is 0 Å². The van der Waals surface area contributed by atoms with Crippen LogP contribution >= 0.6 is 24.8 Å². The Morgan fingerprint density at radius 2 is 1.87 bits per heavy atom. The lowest BCUT2D eigenvalue weighted by molar-refractivity contribution is -0.141. The zero-order chi connectivity index (χ0) is 9.47. The Labute approximate surface area is 96.6 Å². The van der Waals surface area contributed by atoms with Crippen molar-refractivity contribution in [2.75, 3.05) is 6.54 Å². The summed E-state index contributed by atoms with van der Waals surface area (Å²) in [4.78, 5) is 0. The Morgan fingerprint density at radius 3 is 2.47 bits per heavy atom. The van der Waals surface area contributed by atoms with Crippen molar-refractivity contribution in [3.63, 3.8) is 0 Å². The van der Waals surface area contributed by atoms with Gasteiger partial charge in [0.25, 0.3) is 0 Å². The summed E-state index contributed by atoms with van der Waals surface area (Å²) in [5, 5.41) is 8.58. The monoisotopic (exact) mass is 263 g/mol. The molecule has 0 fully saturated rings. The molecule has 15 heavy (non-hydrogen) atoms.